The number of hydrogen-bond donors (Lipinski definition) is 2. The minimum Gasteiger partial charge on any atom is -0.349 e. The molecule has 0 radical (unpaired) electrons. The molecule has 2 aliphatic rings. The fraction of sp³-hybridized carbons (Fsp3) is 0.600. The molecule has 108 valence electrons. The van der Waals surface area contributed by atoms with Gasteiger partial charge in [-0.25, -0.2) is 0 Å². The molecule has 4 nitrogen and oxygen atoms in total. The van der Waals surface area contributed by atoms with Crippen molar-refractivity contribution in [2.75, 3.05) is 5.32 Å². The van der Waals surface area contributed by atoms with E-state index in [-0.39, 0.29) is 17.7 Å². The third-order valence-electron chi connectivity index (χ3n) is 3.96. The van der Waals surface area contributed by atoms with Crippen LogP contribution in [0, 0.1) is 5.92 Å². The summed E-state index contributed by atoms with van der Waals surface area (Å²) in [6, 6.07) is 3.94. The number of carbonyl (C=O) groups excluding carboxylic acids is 2. The Bertz CT molecular complexity index is 502. The van der Waals surface area contributed by atoms with Crippen LogP contribution in [-0.2, 0) is 4.79 Å². The molecule has 3 rings (SSSR count). The maximum Gasteiger partial charge on any atom is 0.261 e. The van der Waals surface area contributed by atoms with E-state index in [0.29, 0.717) is 10.9 Å². The molecule has 5 heteroatoms. The van der Waals surface area contributed by atoms with Crippen molar-refractivity contribution >= 4 is 28.2 Å². The van der Waals surface area contributed by atoms with E-state index >= 15 is 0 Å². The van der Waals surface area contributed by atoms with E-state index in [1.165, 1.54) is 30.6 Å². The first-order chi connectivity index (χ1) is 9.72. The van der Waals surface area contributed by atoms with E-state index in [9.17, 15) is 9.59 Å². The van der Waals surface area contributed by atoms with Gasteiger partial charge in [-0.1, -0.05) is 19.3 Å². The third kappa shape index (κ3) is 3.39. The zero-order valence-corrected chi connectivity index (χ0v) is 12.3. The standard InChI is InChI=1S/C15H20N2O2S/c18-14(10-6-7-10)17-13-9-8-12(20-13)15(19)16-11-4-2-1-3-5-11/h8-11H,1-7H2,(H,16,19)(H,17,18). The van der Waals surface area contributed by atoms with E-state index < -0.39 is 0 Å². The largest absolute Gasteiger partial charge is 0.349 e. The summed E-state index contributed by atoms with van der Waals surface area (Å²) in [4.78, 5) is 24.5. The highest BCUT2D eigenvalue weighted by atomic mass is 32.1. The molecular formula is C15H20N2O2S. The van der Waals surface area contributed by atoms with Crippen LogP contribution in [0.2, 0.25) is 0 Å². The van der Waals surface area contributed by atoms with Crippen LogP contribution in [0.25, 0.3) is 0 Å². The van der Waals surface area contributed by atoms with Crippen molar-refractivity contribution in [3.8, 4) is 0 Å². The van der Waals surface area contributed by atoms with Crippen molar-refractivity contribution in [2.45, 2.75) is 51.0 Å². The number of thiophene rings is 1. The van der Waals surface area contributed by atoms with Crippen molar-refractivity contribution in [1.29, 1.82) is 0 Å². The highest BCUT2D eigenvalue weighted by Gasteiger charge is 2.30. The zero-order valence-electron chi connectivity index (χ0n) is 11.5. The summed E-state index contributed by atoms with van der Waals surface area (Å²) in [7, 11) is 0. The Labute approximate surface area is 122 Å². The molecule has 2 saturated carbocycles. The number of amides is 2. The lowest BCUT2D eigenvalue weighted by atomic mass is 9.95. The zero-order chi connectivity index (χ0) is 13.9. The first-order valence-corrected chi connectivity index (χ1v) is 8.25. The smallest absolute Gasteiger partial charge is 0.261 e. The van der Waals surface area contributed by atoms with Crippen molar-refractivity contribution in [2.24, 2.45) is 5.92 Å². The second-order valence-corrected chi connectivity index (χ2v) is 6.82. The molecule has 0 saturated heterocycles. The highest BCUT2D eigenvalue weighted by Crippen LogP contribution is 2.31. The van der Waals surface area contributed by atoms with Gasteiger partial charge in [0.15, 0.2) is 0 Å². The average Bonchev–Trinajstić information content (AvgIpc) is 3.20. The monoisotopic (exact) mass is 292 g/mol. The van der Waals surface area contributed by atoms with Crippen molar-refractivity contribution < 1.29 is 9.59 Å². The molecule has 2 N–H and O–H groups in total. The Hall–Kier alpha value is -1.36. The van der Waals surface area contributed by atoms with Gasteiger partial charge < -0.3 is 10.6 Å². The molecule has 0 atom stereocenters. The van der Waals surface area contributed by atoms with Crippen molar-refractivity contribution in [3.05, 3.63) is 17.0 Å². The Balaban J connectivity index is 1.54. The Kier molecular flexibility index (Phi) is 4.05. The number of carbonyl (C=O) groups is 2. The van der Waals surface area contributed by atoms with Gasteiger partial charge in [0.2, 0.25) is 5.91 Å². The lowest BCUT2D eigenvalue weighted by molar-refractivity contribution is -0.117. The summed E-state index contributed by atoms with van der Waals surface area (Å²) in [6.45, 7) is 0. The number of rotatable bonds is 4. The molecule has 0 bridgehead atoms. The lowest BCUT2D eigenvalue weighted by Crippen LogP contribution is -2.35. The first-order valence-electron chi connectivity index (χ1n) is 7.44. The first kappa shape index (κ1) is 13.6. The van der Waals surface area contributed by atoms with Crippen LogP contribution < -0.4 is 10.6 Å². The molecule has 1 aromatic heterocycles. The molecule has 0 unspecified atom stereocenters. The molecular weight excluding hydrogens is 272 g/mol. The van der Waals surface area contributed by atoms with Gasteiger partial charge >= 0.3 is 0 Å². The van der Waals surface area contributed by atoms with Crippen LogP contribution in [0.4, 0.5) is 5.00 Å². The summed E-state index contributed by atoms with van der Waals surface area (Å²) in [5.74, 6) is 0.275. The Morgan fingerprint density at radius 2 is 1.80 bits per heavy atom. The summed E-state index contributed by atoms with van der Waals surface area (Å²) in [5, 5.41) is 6.75. The minimum atomic E-state index is -0.00572. The normalized spacial score (nSPS) is 19.6. The van der Waals surface area contributed by atoms with Gasteiger partial charge in [0.25, 0.3) is 5.91 Å². The van der Waals surface area contributed by atoms with E-state index in [1.54, 1.807) is 6.07 Å². The summed E-state index contributed by atoms with van der Waals surface area (Å²) < 4.78 is 0. The molecule has 20 heavy (non-hydrogen) atoms. The summed E-state index contributed by atoms with van der Waals surface area (Å²) >= 11 is 1.36. The van der Waals surface area contributed by atoms with E-state index in [2.05, 4.69) is 10.6 Å². The van der Waals surface area contributed by atoms with Gasteiger partial charge in [0.1, 0.15) is 0 Å². The maximum absolute atomic E-state index is 12.1. The molecule has 2 amide bonds. The number of anilines is 1. The minimum absolute atomic E-state index is 0.00572. The van der Waals surface area contributed by atoms with Gasteiger partial charge in [-0.2, -0.15) is 0 Å². The van der Waals surface area contributed by atoms with Gasteiger partial charge in [-0.05, 0) is 37.8 Å². The fourth-order valence-electron chi connectivity index (χ4n) is 2.60. The molecule has 2 fully saturated rings. The van der Waals surface area contributed by atoms with Gasteiger partial charge in [0, 0.05) is 12.0 Å². The van der Waals surface area contributed by atoms with Crippen LogP contribution in [0.15, 0.2) is 12.1 Å². The van der Waals surface area contributed by atoms with E-state index in [0.717, 1.165) is 30.7 Å². The Morgan fingerprint density at radius 3 is 2.50 bits per heavy atom. The van der Waals surface area contributed by atoms with E-state index in [1.807, 2.05) is 6.07 Å². The number of hydrogen-bond acceptors (Lipinski definition) is 3. The van der Waals surface area contributed by atoms with Crippen molar-refractivity contribution in [3.63, 3.8) is 0 Å². The lowest BCUT2D eigenvalue weighted by Gasteiger charge is -2.22. The second kappa shape index (κ2) is 5.95. The molecule has 1 aromatic rings. The van der Waals surface area contributed by atoms with Gasteiger partial charge in [-0.3, -0.25) is 9.59 Å². The predicted octanol–water partition coefficient (Wildman–Crippen LogP) is 3.16. The van der Waals surface area contributed by atoms with Crippen LogP contribution in [0.5, 0.6) is 0 Å². The van der Waals surface area contributed by atoms with Crippen LogP contribution in [0.1, 0.15) is 54.6 Å². The highest BCUT2D eigenvalue weighted by molar-refractivity contribution is 7.18. The topological polar surface area (TPSA) is 58.2 Å². The molecule has 1 heterocycles. The molecule has 0 spiro atoms. The summed E-state index contributed by atoms with van der Waals surface area (Å²) in [5.41, 5.74) is 0. The maximum atomic E-state index is 12.1. The average molecular weight is 292 g/mol. The van der Waals surface area contributed by atoms with Crippen molar-refractivity contribution in [1.82, 2.24) is 5.32 Å². The van der Waals surface area contributed by atoms with Crippen LogP contribution >= 0.6 is 11.3 Å². The van der Waals surface area contributed by atoms with E-state index in [4.69, 9.17) is 0 Å². The van der Waals surface area contributed by atoms with Gasteiger partial charge in [-0.15, -0.1) is 11.3 Å². The Morgan fingerprint density at radius 1 is 1.05 bits per heavy atom. The van der Waals surface area contributed by atoms with Crippen LogP contribution in [-0.4, -0.2) is 17.9 Å². The third-order valence-corrected chi connectivity index (χ3v) is 4.96. The second-order valence-electron chi connectivity index (χ2n) is 5.74. The molecule has 2 aliphatic carbocycles. The number of nitrogens with one attached hydrogen (secondary N) is 2. The van der Waals surface area contributed by atoms with Crippen LogP contribution in [0.3, 0.4) is 0 Å². The summed E-state index contributed by atoms with van der Waals surface area (Å²) in [6.07, 6.45) is 7.85. The SMILES string of the molecule is O=C(NC1CCCCC1)c1ccc(NC(=O)C2CC2)s1. The molecule has 0 aliphatic heterocycles. The predicted molar refractivity (Wildman–Crippen MR) is 80.0 cm³/mol. The van der Waals surface area contributed by atoms with Gasteiger partial charge in [0.05, 0.1) is 9.88 Å². The molecule has 0 aromatic carbocycles. The quantitative estimate of drug-likeness (QED) is 0.895. The fourth-order valence-corrected chi connectivity index (χ4v) is 3.41.